The van der Waals surface area contributed by atoms with E-state index in [1.54, 1.807) is 11.9 Å². The minimum atomic E-state index is -0.718. The first-order valence-corrected chi connectivity index (χ1v) is 4.78. The second kappa shape index (κ2) is 3.82. The molecule has 0 saturated heterocycles. The lowest BCUT2D eigenvalue weighted by atomic mass is 10.1. The van der Waals surface area contributed by atoms with E-state index in [9.17, 15) is 5.11 Å². The summed E-state index contributed by atoms with van der Waals surface area (Å²) in [5.41, 5.74) is 1.48. The molecule has 1 aliphatic heterocycles. The van der Waals surface area contributed by atoms with Crippen LogP contribution in [0.25, 0.3) is 0 Å². The van der Waals surface area contributed by atoms with Crippen LogP contribution < -0.4 is 0 Å². The summed E-state index contributed by atoms with van der Waals surface area (Å²) in [5.74, 6) is 0.710. The van der Waals surface area contributed by atoms with E-state index >= 15 is 0 Å². The van der Waals surface area contributed by atoms with E-state index < -0.39 is 6.23 Å². The molecule has 0 aromatic heterocycles. The molecule has 1 unspecified atom stereocenters. The Morgan fingerprint density at radius 2 is 1.87 bits per heavy atom. The van der Waals surface area contributed by atoms with Crippen LogP contribution in [-0.4, -0.2) is 34.8 Å². The van der Waals surface area contributed by atoms with Gasteiger partial charge in [-0.05, 0) is 6.92 Å². The van der Waals surface area contributed by atoms with Crippen molar-refractivity contribution >= 4 is 11.5 Å². The van der Waals surface area contributed by atoms with Crippen molar-refractivity contribution in [3.63, 3.8) is 0 Å². The van der Waals surface area contributed by atoms with Gasteiger partial charge in [-0.15, -0.1) is 10.2 Å². The lowest BCUT2D eigenvalue weighted by molar-refractivity contribution is 0.130. The number of hydrogen-bond acceptors (Lipinski definition) is 4. The van der Waals surface area contributed by atoms with Gasteiger partial charge in [0.1, 0.15) is 11.5 Å². The van der Waals surface area contributed by atoms with E-state index in [4.69, 9.17) is 0 Å². The van der Waals surface area contributed by atoms with Crippen molar-refractivity contribution in [3.8, 4) is 0 Å². The lowest BCUT2D eigenvalue weighted by Gasteiger charge is -2.28. The highest BCUT2D eigenvalue weighted by Gasteiger charge is 2.23. The maximum atomic E-state index is 9.98. The van der Waals surface area contributed by atoms with Crippen LogP contribution >= 0.6 is 0 Å². The normalized spacial score (nSPS) is 21.0. The highest BCUT2D eigenvalue weighted by Crippen LogP contribution is 2.12. The van der Waals surface area contributed by atoms with Gasteiger partial charge in [0.25, 0.3) is 0 Å². The van der Waals surface area contributed by atoms with Crippen molar-refractivity contribution in [1.29, 1.82) is 0 Å². The zero-order valence-electron chi connectivity index (χ0n) is 8.75. The van der Waals surface area contributed by atoms with Crippen LogP contribution in [0.3, 0.4) is 0 Å². The monoisotopic (exact) mass is 203 g/mol. The van der Waals surface area contributed by atoms with Crippen molar-refractivity contribution in [3.05, 3.63) is 35.9 Å². The van der Waals surface area contributed by atoms with Gasteiger partial charge in [0.05, 0.1) is 0 Å². The third kappa shape index (κ3) is 1.76. The van der Waals surface area contributed by atoms with Gasteiger partial charge in [-0.2, -0.15) is 0 Å². The molecule has 0 amide bonds. The van der Waals surface area contributed by atoms with Gasteiger partial charge in [-0.3, -0.25) is 0 Å². The van der Waals surface area contributed by atoms with Crippen LogP contribution in [0.15, 0.2) is 40.5 Å². The fourth-order valence-corrected chi connectivity index (χ4v) is 1.42. The number of benzene rings is 1. The molecular weight excluding hydrogens is 190 g/mol. The Hall–Kier alpha value is -1.68. The minimum Gasteiger partial charge on any atom is -0.368 e. The molecular formula is C11H13N3O. The highest BCUT2D eigenvalue weighted by molar-refractivity contribution is 6.06. The molecule has 0 spiro atoms. The van der Waals surface area contributed by atoms with E-state index in [1.807, 2.05) is 37.3 Å². The van der Waals surface area contributed by atoms with Crippen molar-refractivity contribution < 1.29 is 5.11 Å². The van der Waals surface area contributed by atoms with E-state index in [0.717, 1.165) is 5.56 Å². The summed E-state index contributed by atoms with van der Waals surface area (Å²) < 4.78 is 0. The first-order valence-electron chi connectivity index (χ1n) is 4.78. The third-order valence-electron chi connectivity index (χ3n) is 2.49. The second-order valence-electron chi connectivity index (χ2n) is 3.48. The van der Waals surface area contributed by atoms with Crippen LogP contribution in [0.2, 0.25) is 0 Å². The third-order valence-corrected chi connectivity index (χ3v) is 2.49. The second-order valence-corrected chi connectivity index (χ2v) is 3.48. The minimum absolute atomic E-state index is 0.587. The Kier molecular flexibility index (Phi) is 2.51. The summed E-state index contributed by atoms with van der Waals surface area (Å²) in [7, 11) is 1.79. The van der Waals surface area contributed by atoms with Crippen molar-refractivity contribution in [2.75, 3.05) is 7.05 Å². The number of aliphatic hydroxyl groups is 1. The SMILES string of the molecule is CC1=NN=C(c2ccccc2)C(O)N1C. The Balaban J connectivity index is 2.39. The number of amidine groups is 1. The Morgan fingerprint density at radius 3 is 2.53 bits per heavy atom. The topological polar surface area (TPSA) is 48.2 Å². The van der Waals surface area contributed by atoms with E-state index in [0.29, 0.717) is 11.5 Å². The summed E-state index contributed by atoms with van der Waals surface area (Å²) in [6.45, 7) is 1.81. The highest BCUT2D eigenvalue weighted by atomic mass is 16.3. The average molecular weight is 203 g/mol. The number of nitrogens with zero attached hydrogens (tertiary/aromatic N) is 3. The molecule has 2 rings (SSSR count). The van der Waals surface area contributed by atoms with Gasteiger partial charge in [0.15, 0.2) is 6.23 Å². The summed E-state index contributed by atoms with van der Waals surface area (Å²) >= 11 is 0. The number of rotatable bonds is 1. The van der Waals surface area contributed by atoms with E-state index in [-0.39, 0.29) is 0 Å². The Bertz CT molecular complexity index is 411. The lowest BCUT2D eigenvalue weighted by Crippen LogP contribution is -2.43. The molecule has 0 fully saturated rings. The molecule has 78 valence electrons. The summed E-state index contributed by atoms with van der Waals surface area (Å²) in [5, 5.41) is 18.0. The number of aliphatic hydroxyl groups excluding tert-OH is 1. The molecule has 0 saturated carbocycles. The van der Waals surface area contributed by atoms with Gasteiger partial charge in [0.2, 0.25) is 0 Å². The van der Waals surface area contributed by atoms with Gasteiger partial charge in [-0.25, -0.2) is 0 Å². The molecule has 1 N–H and O–H groups in total. The van der Waals surface area contributed by atoms with Crippen LogP contribution in [-0.2, 0) is 0 Å². The van der Waals surface area contributed by atoms with E-state index in [1.165, 1.54) is 0 Å². The zero-order valence-corrected chi connectivity index (χ0v) is 8.75. The molecule has 1 heterocycles. The fraction of sp³-hybridized carbons (Fsp3) is 0.273. The fourth-order valence-electron chi connectivity index (χ4n) is 1.42. The van der Waals surface area contributed by atoms with Crippen LogP contribution in [0.1, 0.15) is 12.5 Å². The quantitative estimate of drug-likeness (QED) is 0.742. The average Bonchev–Trinajstić information content (AvgIpc) is 2.27. The first kappa shape index (κ1) is 9.86. The summed E-state index contributed by atoms with van der Waals surface area (Å²) in [6.07, 6.45) is -0.718. The first-order chi connectivity index (χ1) is 7.20. The Labute approximate surface area is 88.6 Å². The largest absolute Gasteiger partial charge is 0.368 e. The van der Waals surface area contributed by atoms with Crippen molar-refractivity contribution in [1.82, 2.24) is 4.90 Å². The van der Waals surface area contributed by atoms with Crippen molar-refractivity contribution in [2.45, 2.75) is 13.2 Å². The Morgan fingerprint density at radius 1 is 1.20 bits per heavy atom. The molecule has 4 nitrogen and oxygen atoms in total. The molecule has 15 heavy (non-hydrogen) atoms. The number of likely N-dealkylation sites (N-methyl/N-ethyl adjacent to an activating group) is 1. The zero-order chi connectivity index (χ0) is 10.8. The molecule has 0 radical (unpaired) electrons. The van der Waals surface area contributed by atoms with Crippen molar-refractivity contribution in [2.24, 2.45) is 10.2 Å². The predicted octanol–water partition coefficient (Wildman–Crippen LogP) is 1.07. The van der Waals surface area contributed by atoms with Gasteiger partial charge in [-0.1, -0.05) is 30.3 Å². The molecule has 0 aliphatic carbocycles. The molecule has 1 aromatic rings. The standard InChI is InChI=1S/C11H13N3O/c1-8-12-13-10(11(15)14(8)2)9-6-4-3-5-7-9/h3-7,11,15H,1-2H3. The van der Waals surface area contributed by atoms with Crippen LogP contribution in [0, 0.1) is 0 Å². The maximum Gasteiger partial charge on any atom is 0.173 e. The summed E-state index contributed by atoms with van der Waals surface area (Å²) in [4.78, 5) is 1.69. The maximum absolute atomic E-state index is 9.98. The molecule has 1 atom stereocenters. The van der Waals surface area contributed by atoms with E-state index in [2.05, 4.69) is 10.2 Å². The van der Waals surface area contributed by atoms with Gasteiger partial charge >= 0.3 is 0 Å². The molecule has 0 bridgehead atoms. The molecule has 1 aromatic carbocycles. The van der Waals surface area contributed by atoms with Gasteiger partial charge in [0, 0.05) is 12.6 Å². The van der Waals surface area contributed by atoms with Crippen LogP contribution in [0.4, 0.5) is 0 Å². The number of hydrogen-bond donors (Lipinski definition) is 1. The molecule has 4 heteroatoms. The smallest absolute Gasteiger partial charge is 0.173 e. The summed E-state index contributed by atoms with van der Waals surface area (Å²) in [6, 6.07) is 9.57. The van der Waals surface area contributed by atoms with Gasteiger partial charge < -0.3 is 10.0 Å². The van der Waals surface area contributed by atoms with Crippen LogP contribution in [0.5, 0.6) is 0 Å². The predicted molar refractivity (Wildman–Crippen MR) is 59.9 cm³/mol. The molecule has 1 aliphatic rings.